The van der Waals surface area contributed by atoms with Crippen LogP contribution in [0.5, 0.6) is 11.9 Å². The number of rotatable bonds is 3. The zero-order chi connectivity index (χ0) is 15.8. The highest BCUT2D eigenvalue weighted by Gasteiger charge is 2.12. The molecule has 0 aliphatic carbocycles. The van der Waals surface area contributed by atoms with Gasteiger partial charge in [-0.25, -0.2) is 15.0 Å². The molecule has 0 N–H and O–H groups in total. The fourth-order valence-electron chi connectivity index (χ4n) is 2.35. The molecule has 7 nitrogen and oxygen atoms in total. The van der Waals surface area contributed by atoms with Gasteiger partial charge in [-0.15, -0.1) is 0 Å². The van der Waals surface area contributed by atoms with Crippen LogP contribution >= 0.6 is 0 Å². The van der Waals surface area contributed by atoms with Crippen LogP contribution in [-0.2, 0) is 0 Å². The molecule has 23 heavy (non-hydrogen) atoms. The standard InChI is InChI=1S/C16H13N5O2/c1-10-7-11(2)19-16(18-10)23-15-8-13(12-4-6-22-9-12)20-14-3-5-17-21(14)15/h3-9H,1-2H3. The highest BCUT2D eigenvalue weighted by atomic mass is 16.5. The molecule has 0 saturated heterocycles. The van der Waals surface area contributed by atoms with Crippen molar-refractivity contribution in [3.05, 3.63) is 54.4 Å². The van der Waals surface area contributed by atoms with Crippen molar-refractivity contribution in [3.63, 3.8) is 0 Å². The van der Waals surface area contributed by atoms with Crippen molar-refractivity contribution >= 4 is 5.65 Å². The molecule has 0 bridgehead atoms. The summed E-state index contributed by atoms with van der Waals surface area (Å²) in [7, 11) is 0. The second-order valence-electron chi connectivity index (χ2n) is 5.13. The molecule has 0 saturated carbocycles. The van der Waals surface area contributed by atoms with Crippen LogP contribution < -0.4 is 4.74 Å². The lowest BCUT2D eigenvalue weighted by atomic mass is 10.2. The molecule has 0 aromatic carbocycles. The van der Waals surface area contributed by atoms with Crippen LogP contribution in [0.1, 0.15) is 11.4 Å². The Bertz CT molecular complexity index is 955. The van der Waals surface area contributed by atoms with Gasteiger partial charge in [0.15, 0.2) is 5.65 Å². The Kier molecular flexibility index (Phi) is 3.04. The van der Waals surface area contributed by atoms with Gasteiger partial charge in [0.2, 0.25) is 5.88 Å². The van der Waals surface area contributed by atoms with Crippen LogP contribution in [0.25, 0.3) is 16.9 Å². The van der Waals surface area contributed by atoms with Crippen LogP contribution in [0.4, 0.5) is 0 Å². The molecule has 0 fully saturated rings. The summed E-state index contributed by atoms with van der Waals surface area (Å²) >= 11 is 0. The van der Waals surface area contributed by atoms with E-state index in [0.717, 1.165) is 22.6 Å². The number of hydrogen-bond acceptors (Lipinski definition) is 6. The molecule has 0 amide bonds. The van der Waals surface area contributed by atoms with E-state index in [1.165, 1.54) is 0 Å². The normalized spacial score (nSPS) is 11.0. The van der Waals surface area contributed by atoms with Gasteiger partial charge < -0.3 is 9.15 Å². The van der Waals surface area contributed by atoms with Crippen LogP contribution in [-0.4, -0.2) is 24.6 Å². The third-order valence-corrected chi connectivity index (χ3v) is 3.30. The third-order valence-electron chi connectivity index (χ3n) is 3.30. The number of ether oxygens (including phenoxy) is 1. The van der Waals surface area contributed by atoms with Crippen molar-refractivity contribution in [2.24, 2.45) is 0 Å². The Balaban J connectivity index is 1.83. The minimum Gasteiger partial charge on any atom is -0.472 e. The maximum absolute atomic E-state index is 5.86. The van der Waals surface area contributed by atoms with Gasteiger partial charge in [-0.1, -0.05) is 0 Å². The Hall–Kier alpha value is -3.22. The van der Waals surface area contributed by atoms with Crippen LogP contribution in [0.15, 0.2) is 47.4 Å². The average Bonchev–Trinajstić information content (AvgIpc) is 3.17. The summed E-state index contributed by atoms with van der Waals surface area (Å²) in [5.41, 5.74) is 3.94. The second-order valence-corrected chi connectivity index (χ2v) is 5.13. The lowest BCUT2D eigenvalue weighted by molar-refractivity contribution is 0.409. The van der Waals surface area contributed by atoms with Crippen molar-refractivity contribution in [3.8, 4) is 23.1 Å². The maximum Gasteiger partial charge on any atom is 0.323 e. The fraction of sp³-hybridized carbons (Fsp3) is 0.125. The largest absolute Gasteiger partial charge is 0.472 e. The first-order chi connectivity index (χ1) is 11.2. The topological polar surface area (TPSA) is 78.3 Å². The molecule has 0 aliphatic heterocycles. The predicted molar refractivity (Wildman–Crippen MR) is 82.3 cm³/mol. The summed E-state index contributed by atoms with van der Waals surface area (Å²) in [6, 6.07) is 7.60. The molecule has 0 atom stereocenters. The number of hydrogen-bond donors (Lipinski definition) is 0. The Morgan fingerprint density at radius 1 is 1.04 bits per heavy atom. The number of aryl methyl sites for hydroxylation is 2. The predicted octanol–water partition coefficient (Wildman–Crippen LogP) is 3.19. The molecule has 4 aromatic rings. The van der Waals surface area contributed by atoms with Crippen molar-refractivity contribution in [1.29, 1.82) is 0 Å². The molecule has 0 unspecified atom stereocenters. The van der Waals surface area contributed by atoms with E-state index in [2.05, 4.69) is 20.1 Å². The van der Waals surface area contributed by atoms with Gasteiger partial charge in [0.25, 0.3) is 0 Å². The van der Waals surface area contributed by atoms with E-state index in [1.54, 1.807) is 35.4 Å². The molecule has 0 radical (unpaired) electrons. The van der Waals surface area contributed by atoms with Crippen LogP contribution in [0.2, 0.25) is 0 Å². The number of nitrogens with zero attached hydrogens (tertiary/aromatic N) is 5. The maximum atomic E-state index is 5.86. The van der Waals surface area contributed by atoms with Gasteiger partial charge in [-0.2, -0.15) is 9.61 Å². The SMILES string of the molecule is Cc1cc(C)nc(Oc2cc(-c3ccoc3)nc3ccnn23)n1. The first kappa shape index (κ1) is 13.4. The van der Waals surface area contributed by atoms with Gasteiger partial charge in [-0.05, 0) is 26.0 Å². The molecule has 7 heteroatoms. The zero-order valence-electron chi connectivity index (χ0n) is 12.6. The zero-order valence-corrected chi connectivity index (χ0v) is 12.6. The van der Waals surface area contributed by atoms with E-state index in [0.29, 0.717) is 11.5 Å². The summed E-state index contributed by atoms with van der Waals surface area (Å²) in [6.45, 7) is 3.79. The summed E-state index contributed by atoms with van der Waals surface area (Å²) < 4.78 is 12.6. The molecule has 0 spiro atoms. The van der Waals surface area contributed by atoms with E-state index in [9.17, 15) is 0 Å². The second kappa shape index (κ2) is 5.20. The molecular weight excluding hydrogens is 294 g/mol. The van der Waals surface area contributed by atoms with E-state index in [4.69, 9.17) is 9.15 Å². The monoisotopic (exact) mass is 307 g/mol. The van der Waals surface area contributed by atoms with Gasteiger partial charge in [0.1, 0.15) is 0 Å². The van der Waals surface area contributed by atoms with E-state index in [-0.39, 0.29) is 6.01 Å². The Morgan fingerprint density at radius 2 is 1.87 bits per heavy atom. The van der Waals surface area contributed by atoms with Crippen molar-refractivity contribution in [2.45, 2.75) is 13.8 Å². The van der Waals surface area contributed by atoms with Crippen molar-refractivity contribution in [1.82, 2.24) is 24.6 Å². The molecule has 4 heterocycles. The number of aromatic nitrogens is 5. The molecular formula is C16H13N5O2. The number of furan rings is 1. The summed E-state index contributed by atoms with van der Waals surface area (Å²) in [6.07, 6.45) is 4.90. The summed E-state index contributed by atoms with van der Waals surface area (Å²) in [4.78, 5) is 13.1. The highest BCUT2D eigenvalue weighted by molar-refractivity contribution is 5.62. The van der Waals surface area contributed by atoms with Gasteiger partial charge in [-0.3, -0.25) is 0 Å². The molecule has 4 aromatic heterocycles. The van der Waals surface area contributed by atoms with Crippen LogP contribution in [0.3, 0.4) is 0 Å². The lowest BCUT2D eigenvalue weighted by Crippen LogP contribution is -2.02. The molecule has 4 rings (SSSR count). The van der Waals surface area contributed by atoms with Crippen molar-refractivity contribution < 1.29 is 9.15 Å². The van der Waals surface area contributed by atoms with Crippen molar-refractivity contribution in [2.75, 3.05) is 0 Å². The summed E-state index contributed by atoms with van der Waals surface area (Å²) in [5, 5.41) is 4.23. The highest BCUT2D eigenvalue weighted by Crippen LogP contribution is 2.26. The molecule has 114 valence electrons. The quantitative estimate of drug-likeness (QED) is 0.578. The van der Waals surface area contributed by atoms with Crippen LogP contribution in [0, 0.1) is 13.8 Å². The first-order valence-corrected chi connectivity index (χ1v) is 7.06. The fourth-order valence-corrected chi connectivity index (χ4v) is 2.35. The Labute approximate surface area is 131 Å². The molecule has 0 aliphatic rings. The Morgan fingerprint density at radius 3 is 2.61 bits per heavy atom. The van der Waals surface area contributed by atoms with E-state index >= 15 is 0 Å². The van der Waals surface area contributed by atoms with Gasteiger partial charge in [0.05, 0.1) is 24.4 Å². The number of fused-ring (bicyclic) bond motifs is 1. The van der Waals surface area contributed by atoms with E-state index < -0.39 is 0 Å². The smallest absolute Gasteiger partial charge is 0.323 e. The van der Waals surface area contributed by atoms with Gasteiger partial charge >= 0.3 is 6.01 Å². The third kappa shape index (κ3) is 2.52. The summed E-state index contributed by atoms with van der Waals surface area (Å²) in [5.74, 6) is 0.487. The lowest BCUT2D eigenvalue weighted by Gasteiger charge is -2.08. The van der Waals surface area contributed by atoms with Gasteiger partial charge in [0, 0.05) is 29.1 Å². The minimum atomic E-state index is 0.281. The first-order valence-electron chi connectivity index (χ1n) is 7.06. The minimum absolute atomic E-state index is 0.281. The average molecular weight is 307 g/mol. The van der Waals surface area contributed by atoms with E-state index in [1.807, 2.05) is 26.0 Å².